The Bertz CT molecular complexity index is 718. The zero-order valence-corrected chi connectivity index (χ0v) is 17.5. The van der Waals surface area contributed by atoms with Gasteiger partial charge < -0.3 is 10.2 Å². The minimum absolute atomic E-state index is 0.0761. The molecule has 2 fully saturated rings. The standard InChI is InChI=1S/C21H33N3O3S/c25-21-12-16-24(28(26,27)20-10-5-2-6-11-20)15-7-14-23(17-13-22-21)18-19-8-3-1-4-9-19/h2,5-6,10-11,19H,1,3-4,7-9,12-18H2,(H,22,25). The van der Waals surface area contributed by atoms with Crippen LogP contribution in [0.15, 0.2) is 35.2 Å². The Morgan fingerprint density at radius 2 is 1.68 bits per heavy atom. The summed E-state index contributed by atoms with van der Waals surface area (Å²) >= 11 is 0. The molecule has 1 amide bonds. The van der Waals surface area contributed by atoms with Crippen LogP contribution in [0.4, 0.5) is 0 Å². The molecular weight excluding hydrogens is 374 g/mol. The van der Waals surface area contributed by atoms with Gasteiger partial charge in [0.1, 0.15) is 0 Å². The number of nitrogens with zero attached hydrogens (tertiary/aromatic N) is 2. The number of carbonyl (C=O) groups is 1. The van der Waals surface area contributed by atoms with Crippen LogP contribution in [0.1, 0.15) is 44.9 Å². The van der Waals surface area contributed by atoms with Gasteiger partial charge in [-0.3, -0.25) is 4.79 Å². The topological polar surface area (TPSA) is 69.7 Å². The van der Waals surface area contributed by atoms with E-state index in [-0.39, 0.29) is 18.9 Å². The lowest BCUT2D eigenvalue weighted by molar-refractivity contribution is -0.121. The Balaban J connectivity index is 1.66. The van der Waals surface area contributed by atoms with Gasteiger partial charge in [0, 0.05) is 39.1 Å². The molecule has 1 aromatic rings. The molecule has 1 aliphatic heterocycles. The maximum Gasteiger partial charge on any atom is 0.243 e. The second-order valence-corrected chi connectivity index (χ2v) is 9.91. The van der Waals surface area contributed by atoms with E-state index in [9.17, 15) is 13.2 Å². The Labute approximate surface area is 169 Å². The molecule has 3 rings (SSSR count). The molecule has 0 atom stereocenters. The number of benzene rings is 1. The zero-order chi connectivity index (χ0) is 19.8. The molecular formula is C21H33N3O3S. The molecule has 1 saturated heterocycles. The molecule has 1 aromatic carbocycles. The molecule has 0 spiro atoms. The van der Waals surface area contributed by atoms with Crippen LogP contribution in [-0.4, -0.2) is 62.8 Å². The van der Waals surface area contributed by atoms with Crippen molar-refractivity contribution < 1.29 is 13.2 Å². The molecule has 1 saturated carbocycles. The summed E-state index contributed by atoms with van der Waals surface area (Å²) in [7, 11) is -3.57. The summed E-state index contributed by atoms with van der Waals surface area (Å²) in [6, 6.07) is 8.52. The van der Waals surface area contributed by atoms with Gasteiger partial charge in [0.25, 0.3) is 0 Å². The monoisotopic (exact) mass is 407 g/mol. The van der Waals surface area contributed by atoms with Crippen molar-refractivity contribution in [2.24, 2.45) is 5.92 Å². The molecule has 2 aliphatic rings. The molecule has 1 heterocycles. The predicted molar refractivity (Wildman–Crippen MR) is 110 cm³/mol. The summed E-state index contributed by atoms with van der Waals surface area (Å²) in [5.41, 5.74) is 0. The molecule has 28 heavy (non-hydrogen) atoms. The Kier molecular flexibility index (Phi) is 7.88. The molecule has 1 aliphatic carbocycles. The first-order valence-electron chi connectivity index (χ1n) is 10.6. The van der Waals surface area contributed by atoms with Crippen molar-refractivity contribution in [3.8, 4) is 0 Å². The Hall–Kier alpha value is -1.44. The molecule has 0 bridgehead atoms. The fraction of sp³-hybridized carbons (Fsp3) is 0.667. The summed E-state index contributed by atoms with van der Waals surface area (Å²) in [6.07, 6.45) is 7.55. The van der Waals surface area contributed by atoms with Gasteiger partial charge in [0.05, 0.1) is 4.90 Å². The number of hydrogen-bond donors (Lipinski definition) is 1. The molecule has 6 nitrogen and oxygen atoms in total. The third-order valence-electron chi connectivity index (χ3n) is 5.84. The highest BCUT2D eigenvalue weighted by molar-refractivity contribution is 7.89. The van der Waals surface area contributed by atoms with Crippen LogP contribution >= 0.6 is 0 Å². The van der Waals surface area contributed by atoms with Gasteiger partial charge >= 0.3 is 0 Å². The minimum atomic E-state index is -3.57. The van der Waals surface area contributed by atoms with Gasteiger partial charge in [-0.05, 0) is 43.9 Å². The number of sulfonamides is 1. The molecule has 0 aromatic heterocycles. The van der Waals surface area contributed by atoms with Crippen LogP contribution in [0.25, 0.3) is 0 Å². The van der Waals surface area contributed by atoms with Crippen LogP contribution in [0.5, 0.6) is 0 Å². The largest absolute Gasteiger partial charge is 0.355 e. The highest BCUT2D eigenvalue weighted by atomic mass is 32.2. The maximum atomic E-state index is 13.0. The quantitative estimate of drug-likeness (QED) is 0.832. The summed E-state index contributed by atoms with van der Waals surface area (Å²) in [4.78, 5) is 14.9. The molecule has 7 heteroatoms. The van der Waals surface area contributed by atoms with Crippen molar-refractivity contribution in [1.82, 2.24) is 14.5 Å². The van der Waals surface area contributed by atoms with Gasteiger partial charge in [0.2, 0.25) is 15.9 Å². The van der Waals surface area contributed by atoms with E-state index in [4.69, 9.17) is 0 Å². The summed E-state index contributed by atoms with van der Waals surface area (Å²) in [6.45, 7) is 4.08. The number of carbonyl (C=O) groups excluding carboxylic acids is 1. The van der Waals surface area contributed by atoms with E-state index in [1.807, 2.05) is 6.07 Å². The van der Waals surface area contributed by atoms with E-state index < -0.39 is 10.0 Å². The molecule has 1 N–H and O–H groups in total. The second kappa shape index (κ2) is 10.4. The fourth-order valence-corrected chi connectivity index (χ4v) is 5.76. The lowest BCUT2D eigenvalue weighted by Crippen LogP contribution is -2.38. The van der Waals surface area contributed by atoms with Crippen LogP contribution in [-0.2, 0) is 14.8 Å². The highest BCUT2D eigenvalue weighted by Crippen LogP contribution is 2.24. The normalized spacial score (nSPS) is 22.4. The summed E-state index contributed by atoms with van der Waals surface area (Å²) in [5.74, 6) is 0.659. The average molecular weight is 408 g/mol. The number of nitrogens with one attached hydrogen (secondary N) is 1. The predicted octanol–water partition coefficient (Wildman–Crippen LogP) is 2.47. The lowest BCUT2D eigenvalue weighted by atomic mass is 9.89. The van der Waals surface area contributed by atoms with E-state index in [0.29, 0.717) is 18.0 Å². The summed E-state index contributed by atoms with van der Waals surface area (Å²) < 4.78 is 27.5. The zero-order valence-electron chi connectivity index (χ0n) is 16.7. The smallest absolute Gasteiger partial charge is 0.243 e. The van der Waals surface area contributed by atoms with Crippen LogP contribution in [0, 0.1) is 5.92 Å². The van der Waals surface area contributed by atoms with E-state index in [2.05, 4.69) is 10.2 Å². The van der Waals surface area contributed by atoms with Gasteiger partial charge in [-0.25, -0.2) is 8.42 Å². The highest BCUT2D eigenvalue weighted by Gasteiger charge is 2.25. The summed E-state index contributed by atoms with van der Waals surface area (Å²) in [5, 5.41) is 2.96. The maximum absolute atomic E-state index is 13.0. The fourth-order valence-electron chi connectivity index (χ4n) is 4.26. The first-order valence-corrected chi connectivity index (χ1v) is 12.0. The van der Waals surface area contributed by atoms with Gasteiger partial charge in [0.15, 0.2) is 0 Å². The van der Waals surface area contributed by atoms with Crippen molar-refractivity contribution >= 4 is 15.9 Å². The number of amides is 1. The van der Waals surface area contributed by atoms with Crippen LogP contribution < -0.4 is 5.32 Å². The van der Waals surface area contributed by atoms with E-state index in [1.165, 1.54) is 36.4 Å². The van der Waals surface area contributed by atoms with Gasteiger partial charge in [-0.1, -0.05) is 37.5 Å². The van der Waals surface area contributed by atoms with Crippen molar-refractivity contribution in [3.63, 3.8) is 0 Å². The van der Waals surface area contributed by atoms with Crippen molar-refractivity contribution in [2.75, 3.05) is 39.3 Å². The van der Waals surface area contributed by atoms with E-state index in [0.717, 1.165) is 32.0 Å². The minimum Gasteiger partial charge on any atom is -0.355 e. The van der Waals surface area contributed by atoms with Crippen molar-refractivity contribution in [2.45, 2.75) is 49.8 Å². The van der Waals surface area contributed by atoms with Crippen LogP contribution in [0.3, 0.4) is 0 Å². The van der Waals surface area contributed by atoms with Gasteiger partial charge in [-0.2, -0.15) is 4.31 Å². The average Bonchev–Trinajstić information content (AvgIpc) is 2.75. The Morgan fingerprint density at radius 3 is 2.43 bits per heavy atom. The number of hydrogen-bond acceptors (Lipinski definition) is 4. The van der Waals surface area contributed by atoms with E-state index >= 15 is 0 Å². The molecule has 156 valence electrons. The molecule has 0 unspecified atom stereocenters. The van der Waals surface area contributed by atoms with Gasteiger partial charge in [-0.15, -0.1) is 0 Å². The molecule has 0 radical (unpaired) electrons. The van der Waals surface area contributed by atoms with Crippen molar-refractivity contribution in [3.05, 3.63) is 30.3 Å². The lowest BCUT2D eigenvalue weighted by Gasteiger charge is -2.30. The first-order chi connectivity index (χ1) is 13.6. The first kappa shape index (κ1) is 21.3. The Morgan fingerprint density at radius 1 is 0.929 bits per heavy atom. The van der Waals surface area contributed by atoms with Crippen LogP contribution in [0.2, 0.25) is 0 Å². The second-order valence-electron chi connectivity index (χ2n) is 7.98. The van der Waals surface area contributed by atoms with Crippen molar-refractivity contribution in [1.29, 1.82) is 0 Å². The third kappa shape index (κ3) is 6.03. The SMILES string of the molecule is O=C1CCN(S(=O)(=O)c2ccccc2)CCCN(CC2CCCCC2)CCN1. The third-order valence-corrected chi connectivity index (χ3v) is 7.76. The van der Waals surface area contributed by atoms with E-state index in [1.54, 1.807) is 24.3 Å². The number of rotatable bonds is 4.